The summed E-state index contributed by atoms with van der Waals surface area (Å²) in [6.07, 6.45) is 17.9. The van der Waals surface area contributed by atoms with Gasteiger partial charge >= 0.3 is 11.9 Å². The number of fused-ring (bicyclic) bond motifs is 1. The molecule has 238 valence electrons. The third-order valence-corrected chi connectivity index (χ3v) is 12.9. The number of nitrogens with one attached hydrogen (secondary N) is 1. The number of ether oxygens (including phenoxy) is 2. The van der Waals surface area contributed by atoms with Gasteiger partial charge in [-0.05, 0) is 119 Å². The first-order valence-electron chi connectivity index (χ1n) is 16.7. The molecular formula is C36H54NO5P. The molecule has 0 aromatic heterocycles. The second kappa shape index (κ2) is 15.6. The largest absolute Gasteiger partial charge is 0.463 e. The van der Waals surface area contributed by atoms with Crippen LogP contribution in [0.2, 0.25) is 0 Å². The van der Waals surface area contributed by atoms with Crippen LogP contribution in [0, 0.1) is 23.7 Å². The van der Waals surface area contributed by atoms with Crippen molar-refractivity contribution in [2.24, 2.45) is 23.7 Å². The van der Waals surface area contributed by atoms with Crippen molar-refractivity contribution in [3.05, 3.63) is 54.1 Å². The fraction of sp³-hybridized carbons (Fsp3) is 0.639. The number of para-hydroxylation sites is 1. The molecule has 7 atom stereocenters. The average molecular weight is 612 g/mol. The summed E-state index contributed by atoms with van der Waals surface area (Å²) in [4.78, 5) is 23.5. The molecule has 1 heterocycles. The monoisotopic (exact) mass is 611 g/mol. The lowest BCUT2D eigenvalue weighted by molar-refractivity contribution is -0.154. The van der Waals surface area contributed by atoms with Crippen LogP contribution in [-0.4, -0.2) is 41.6 Å². The van der Waals surface area contributed by atoms with Crippen LogP contribution < -0.4 is 9.61 Å². The Bertz CT molecular complexity index is 1200. The van der Waals surface area contributed by atoms with Crippen LogP contribution in [0.25, 0.3) is 0 Å². The highest BCUT2D eigenvalue weighted by Gasteiger charge is 2.35. The zero-order valence-corrected chi connectivity index (χ0v) is 28.1. The Kier molecular flexibility index (Phi) is 12.2. The zero-order valence-electron chi connectivity index (χ0n) is 27.2. The molecule has 1 aromatic carbocycles. The Morgan fingerprint density at radius 2 is 1.79 bits per heavy atom. The maximum Gasteiger partial charge on any atom is 0.323 e. The summed E-state index contributed by atoms with van der Waals surface area (Å²) in [5.41, 5.74) is 1.57. The van der Waals surface area contributed by atoms with E-state index in [-0.39, 0.29) is 30.2 Å². The first-order valence-corrected chi connectivity index (χ1v) is 18.5. The van der Waals surface area contributed by atoms with Crippen LogP contribution in [0.3, 0.4) is 0 Å². The van der Waals surface area contributed by atoms with Gasteiger partial charge in [-0.3, -0.25) is 14.7 Å². The van der Waals surface area contributed by atoms with Gasteiger partial charge in [0.25, 0.3) is 0 Å². The van der Waals surface area contributed by atoms with Gasteiger partial charge in [-0.1, -0.05) is 57.2 Å². The van der Waals surface area contributed by atoms with E-state index in [1.807, 2.05) is 51.1 Å². The summed E-state index contributed by atoms with van der Waals surface area (Å²) in [7, 11) is -1.95. The number of esters is 2. The molecule has 1 saturated heterocycles. The van der Waals surface area contributed by atoms with Crippen molar-refractivity contribution in [1.29, 1.82) is 0 Å². The molecule has 5 rings (SSSR count). The minimum atomic E-state index is -1.95. The van der Waals surface area contributed by atoms with Gasteiger partial charge in [0.1, 0.15) is 25.2 Å². The summed E-state index contributed by atoms with van der Waals surface area (Å²) >= 11 is 0. The minimum Gasteiger partial charge on any atom is -0.463 e. The summed E-state index contributed by atoms with van der Waals surface area (Å²) in [5.74, 6) is 3.50. The Morgan fingerprint density at radius 1 is 1.05 bits per heavy atom. The predicted octanol–water partition coefficient (Wildman–Crippen LogP) is 8.49. The Labute approximate surface area is 260 Å². The van der Waals surface area contributed by atoms with Gasteiger partial charge in [-0.15, -0.1) is 0 Å². The van der Waals surface area contributed by atoms with Gasteiger partial charge < -0.3 is 14.0 Å². The summed E-state index contributed by atoms with van der Waals surface area (Å²) in [6, 6.07) is 9.46. The Morgan fingerprint density at radius 3 is 2.44 bits per heavy atom. The molecular weight excluding hydrogens is 557 g/mol. The lowest BCUT2D eigenvalue weighted by Crippen LogP contribution is -2.37. The number of carbonyl (C=O) groups excluding carboxylic acids is 2. The maximum atomic E-state index is 12.1. The Hall–Kier alpha value is -2.30. The first-order chi connectivity index (χ1) is 20.6. The minimum absolute atomic E-state index is 0.00918. The lowest BCUT2D eigenvalue weighted by Gasteiger charge is -2.39. The van der Waals surface area contributed by atoms with Gasteiger partial charge in [0.15, 0.2) is 0 Å². The van der Waals surface area contributed by atoms with Crippen molar-refractivity contribution in [1.82, 2.24) is 5.09 Å². The summed E-state index contributed by atoms with van der Waals surface area (Å²) < 4.78 is 17.2. The third-order valence-electron chi connectivity index (χ3n) is 9.19. The molecule has 3 aliphatic carbocycles. The number of rotatable bonds is 10. The van der Waals surface area contributed by atoms with Crippen molar-refractivity contribution in [3.63, 3.8) is 0 Å². The van der Waals surface area contributed by atoms with E-state index in [4.69, 9.17) is 14.0 Å². The molecule has 1 aliphatic heterocycles. The van der Waals surface area contributed by atoms with Crippen LogP contribution >= 0.6 is 7.26 Å². The van der Waals surface area contributed by atoms with Gasteiger partial charge in [0, 0.05) is 12.6 Å². The molecule has 0 bridgehead atoms. The van der Waals surface area contributed by atoms with Crippen LogP contribution in [-0.2, 0) is 19.1 Å². The van der Waals surface area contributed by atoms with Crippen molar-refractivity contribution < 1.29 is 23.6 Å². The zero-order chi connectivity index (χ0) is 31.0. The van der Waals surface area contributed by atoms with E-state index in [9.17, 15) is 9.59 Å². The van der Waals surface area contributed by atoms with Gasteiger partial charge in [-0.25, -0.2) is 0 Å². The molecule has 4 aliphatic rings. The molecule has 2 fully saturated rings. The van der Waals surface area contributed by atoms with E-state index >= 15 is 0 Å². The number of allylic oxidation sites excluding steroid dienone is 4. The van der Waals surface area contributed by atoms with Crippen molar-refractivity contribution in [2.45, 2.75) is 118 Å². The second-order valence-corrected chi connectivity index (χ2v) is 16.3. The average Bonchev–Trinajstić information content (AvgIpc) is 3.83. The lowest BCUT2D eigenvalue weighted by atomic mass is 9.66. The van der Waals surface area contributed by atoms with Crippen molar-refractivity contribution in [3.8, 4) is 5.75 Å². The van der Waals surface area contributed by atoms with Crippen LogP contribution in [0.1, 0.15) is 99.3 Å². The SMILES string of the molecule is CC1C=CC2=C[C@H](C)CCC2C1CC[C@@H]1CCCC(=O)O1.CCP(NC(C)C(=O)OC(C)C)(Oc1ccccc1)=C1CC1. The van der Waals surface area contributed by atoms with E-state index in [1.54, 1.807) is 5.57 Å². The number of carbonyl (C=O) groups is 2. The number of hydrogen-bond donors (Lipinski definition) is 1. The van der Waals surface area contributed by atoms with Gasteiger partial charge in [0.05, 0.1) is 6.10 Å². The fourth-order valence-electron chi connectivity index (χ4n) is 6.72. The highest BCUT2D eigenvalue weighted by Crippen LogP contribution is 2.52. The molecule has 5 unspecified atom stereocenters. The van der Waals surface area contributed by atoms with Gasteiger partial charge in [-0.2, -0.15) is 0 Å². The molecule has 0 radical (unpaired) electrons. The van der Waals surface area contributed by atoms with Gasteiger partial charge in [0.2, 0.25) is 0 Å². The van der Waals surface area contributed by atoms with E-state index in [0.717, 1.165) is 61.8 Å². The normalized spacial score (nSPS) is 28.3. The van der Waals surface area contributed by atoms with Crippen LogP contribution in [0.5, 0.6) is 5.75 Å². The van der Waals surface area contributed by atoms with Crippen molar-refractivity contribution >= 4 is 24.5 Å². The molecule has 0 amide bonds. The maximum absolute atomic E-state index is 12.1. The number of benzene rings is 1. The van der Waals surface area contributed by atoms with E-state index in [2.05, 4.69) is 44.1 Å². The molecule has 1 saturated carbocycles. The molecule has 6 nitrogen and oxygen atoms in total. The van der Waals surface area contributed by atoms with E-state index in [0.29, 0.717) is 12.3 Å². The number of hydrogen-bond acceptors (Lipinski definition) is 6. The summed E-state index contributed by atoms with van der Waals surface area (Å²) in [5, 5.41) is 4.89. The third kappa shape index (κ3) is 9.59. The van der Waals surface area contributed by atoms with Crippen LogP contribution in [0.15, 0.2) is 54.1 Å². The molecule has 43 heavy (non-hydrogen) atoms. The highest BCUT2D eigenvalue weighted by atomic mass is 31.2. The molecule has 7 heteroatoms. The molecule has 1 N–H and O–H groups in total. The van der Waals surface area contributed by atoms with E-state index < -0.39 is 7.26 Å². The van der Waals surface area contributed by atoms with E-state index in [1.165, 1.54) is 24.6 Å². The van der Waals surface area contributed by atoms with Crippen molar-refractivity contribution in [2.75, 3.05) is 6.16 Å². The standard InChI is InChI=1S/C19H28O2.C17H26NO3P/c1-13-6-10-18-15(12-13)8-7-14(2)17(18)11-9-16-4-3-5-19(20)21-16;1-5-22(16-11-12-16,21-15-9-7-6-8-10-15)18-14(4)17(19)20-13(2)3/h7-8,12-14,16-18H,3-6,9-11H2,1-2H3;6-10,13-14,18H,5,11-12H2,1-4H3/t13-,14?,16+,17?,18?;/m1./s1. The first kappa shape index (κ1) is 33.6. The Balaban J connectivity index is 0.000000197. The fourth-order valence-corrected chi connectivity index (χ4v) is 9.89. The molecule has 0 spiro atoms. The molecule has 1 aromatic rings. The second-order valence-electron chi connectivity index (χ2n) is 13.2. The quantitative estimate of drug-likeness (QED) is 0.211. The highest BCUT2D eigenvalue weighted by molar-refractivity contribution is 7.71. The number of cyclic esters (lactones) is 1. The predicted molar refractivity (Wildman–Crippen MR) is 177 cm³/mol. The summed E-state index contributed by atoms with van der Waals surface area (Å²) in [6.45, 7) is 12.4. The van der Waals surface area contributed by atoms with Crippen LogP contribution in [0.4, 0.5) is 0 Å². The smallest absolute Gasteiger partial charge is 0.323 e. The topological polar surface area (TPSA) is 73.9 Å².